The Hall–Kier alpha value is -2.10. The molecule has 2 aliphatic heterocycles. The van der Waals surface area contributed by atoms with Gasteiger partial charge in [-0.1, -0.05) is 0 Å². The molecule has 2 saturated heterocycles. The van der Waals surface area contributed by atoms with E-state index in [0.717, 1.165) is 37.5 Å². The van der Waals surface area contributed by atoms with Crippen molar-refractivity contribution in [1.82, 2.24) is 9.88 Å². The van der Waals surface area contributed by atoms with Crippen LogP contribution in [-0.2, 0) is 4.74 Å². The van der Waals surface area contributed by atoms with Crippen molar-refractivity contribution in [3.63, 3.8) is 0 Å². The van der Waals surface area contributed by atoms with Crippen molar-refractivity contribution in [1.29, 1.82) is 5.26 Å². The van der Waals surface area contributed by atoms with Gasteiger partial charge in [-0.2, -0.15) is 5.26 Å². The molecule has 102 valence electrons. The lowest BCUT2D eigenvalue weighted by Gasteiger charge is -2.47. The van der Waals surface area contributed by atoms with Crippen LogP contribution in [0.3, 0.4) is 0 Å². The lowest BCUT2D eigenvalue weighted by molar-refractivity contribution is -0.0874. The van der Waals surface area contributed by atoms with Crippen LogP contribution in [0.2, 0.25) is 0 Å². The summed E-state index contributed by atoms with van der Waals surface area (Å²) in [7, 11) is 0. The van der Waals surface area contributed by atoms with Gasteiger partial charge in [0.05, 0.1) is 31.5 Å². The first-order valence-electron chi connectivity index (χ1n) is 6.70. The van der Waals surface area contributed by atoms with Gasteiger partial charge in [0.25, 0.3) is 0 Å². The van der Waals surface area contributed by atoms with Gasteiger partial charge < -0.3 is 14.5 Å². The first kappa shape index (κ1) is 11.7. The highest BCUT2D eigenvalue weighted by molar-refractivity contribution is 5.80. The van der Waals surface area contributed by atoms with Crippen molar-refractivity contribution >= 4 is 16.8 Å². The second kappa shape index (κ2) is 4.47. The standard InChI is InChI=1S/C14H14N4O2/c15-3-12-1-9-2-14(16-4-13(9)20-12)17-10-5-18(6-10)11-7-19-8-11/h1-2,4,10-11H,5-8H2,(H,16,17). The Bertz CT molecular complexity index is 680. The van der Waals surface area contributed by atoms with Gasteiger partial charge in [0, 0.05) is 24.5 Å². The van der Waals surface area contributed by atoms with Gasteiger partial charge in [0.15, 0.2) is 5.58 Å². The molecule has 0 amide bonds. The largest absolute Gasteiger partial charge is 0.444 e. The third-order valence-electron chi connectivity index (χ3n) is 3.91. The molecule has 4 rings (SSSR count). The zero-order valence-corrected chi connectivity index (χ0v) is 10.9. The minimum absolute atomic E-state index is 0.318. The van der Waals surface area contributed by atoms with E-state index in [1.54, 1.807) is 12.3 Å². The van der Waals surface area contributed by atoms with Gasteiger partial charge in [0.1, 0.15) is 11.9 Å². The molecule has 0 saturated carbocycles. The van der Waals surface area contributed by atoms with Crippen LogP contribution in [0.1, 0.15) is 5.76 Å². The number of rotatable bonds is 3. The Balaban J connectivity index is 1.43. The maximum Gasteiger partial charge on any atom is 0.204 e. The molecule has 0 atom stereocenters. The summed E-state index contributed by atoms with van der Waals surface area (Å²) in [6, 6.07) is 6.70. The fraction of sp³-hybridized carbons (Fsp3) is 0.429. The molecule has 2 aromatic rings. The van der Waals surface area contributed by atoms with Crippen LogP contribution in [0.4, 0.5) is 5.82 Å². The lowest BCUT2D eigenvalue weighted by atomic mass is 10.0. The Morgan fingerprint density at radius 1 is 1.35 bits per heavy atom. The highest BCUT2D eigenvalue weighted by Gasteiger charge is 2.35. The van der Waals surface area contributed by atoms with Crippen LogP contribution in [0.15, 0.2) is 22.7 Å². The zero-order valence-electron chi connectivity index (χ0n) is 10.9. The highest BCUT2D eigenvalue weighted by atomic mass is 16.5. The number of fused-ring (bicyclic) bond motifs is 1. The van der Waals surface area contributed by atoms with Gasteiger partial charge in [0.2, 0.25) is 5.76 Å². The van der Waals surface area contributed by atoms with E-state index in [9.17, 15) is 0 Å². The van der Waals surface area contributed by atoms with Crippen LogP contribution in [0.5, 0.6) is 0 Å². The van der Waals surface area contributed by atoms with Crippen molar-refractivity contribution in [2.45, 2.75) is 12.1 Å². The molecule has 0 aliphatic carbocycles. The third kappa shape index (κ3) is 1.92. The summed E-state index contributed by atoms with van der Waals surface area (Å²) in [5.74, 6) is 1.15. The number of nitrogens with one attached hydrogen (secondary N) is 1. The lowest BCUT2D eigenvalue weighted by Crippen LogP contribution is -2.63. The molecule has 0 aromatic carbocycles. The fourth-order valence-corrected chi connectivity index (χ4v) is 2.62. The molecule has 6 heteroatoms. The predicted molar refractivity (Wildman–Crippen MR) is 72.3 cm³/mol. The number of ether oxygens (including phenoxy) is 1. The van der Waals surface area contributed by atoms with E-state index >= 15 is 0 Å². The van der Waals surface area contributed by atoms with Crippen molar-refractivity contribution in [3.8, 4) is 6.07 Å². The van der Waals surface area contributed by atoms with E-state index in [4.69, 9.17) is 14.4 Å². The van der Waals surface area contributed by atoms with Crippen LogP contribution in [0, 0.1) is 11.3 Å². The average molecular weight is 270 g/mol. The summed E-state index contributed by atoms with van der Waals surface area (Å²) in [4.78, 5) is 6.74. The maximum atomic E-state index is 8.82. The van der Waals surface area contributed by atoms with Gasteiger partial charge in [-0.05, 0) is 6.07 Å². The average Bonchev–Trinajstić information content (AvgIpc) is 2.76. The normalized spacial score (nSPS) is 20.4. The summed E-state index contributed by atoms with van der Waals surface area (Å²) in [5.41, 5.74) is 0.647. The van der Waals surface area contributed by atoms with E-state index in [-0.39, 0.29) is 0 Å². The maximum absolute atomic E-state index is 8.82. The zero-order chi connectivity index (χ0) is 13.5. The highest BCUT2D eigenvalue weighted by Crippen LogP contribution is 2.23. The Labute approximate surface area is 115 Å². The van der Waals surface area contributed by atoms with E-state index in [0.29, 0.717) is 23.4 Å². The van der Waals surface area contributed by atoms with Crippen LogP contribution < -0.4 is 5.32 Å². The molecule has 2 aromatic heterocycles. The minimum atomic E-state index is 0.318. The molecule has 6 nitrogen and oxygen atoms in total. The third-order valence-corrected chi connectivity index (χ3v) is 3.91. The first-order chi connectivity index (χ1) is 9.81. The van der Waals surface area contributed by atoms with Crippen molar-refractivity contribution in [3.05, 3.63) is 24.1 Å². The SMILES string of the molecule is N#Cc1cc2cc(NC3CN(C4COC4)C3)ncc2o1. The van der Waals surface area contributed by atoms with Crippen molar-refractivity contribution in [2.75, 3.05) is 31.6 Å². The second-order valence-electron chi connectivity index (χ2n) is 5.32. The quantitative estimate of drug-likeness (QED) is 0.903. The first-order valence-corrected chi connectivity index (χ1v) is 6.70. The van der Waals surface area contributed by atoms with Crippen LogP contribution >= 0.6 is 0 Å². The molecule has 4 heterocycles. The number of aromatic nitrogens is 1. The molecule has 0 unspecified atom stereocenters. The molecule has 2 aliphatic rings. The van der Waals surface area contributed by atoms with Gasteiger partial charge >= 0.3 is 0 Å². The molecule has 2 fully saturated rings. The summed E-state index contributed by atoms with van der Waals surface area (Å²) < 4.78 is 10.5. The molecule has 1 N–H and O–H groups in total. The number of hydrogen-bond donors (Lipinski definition) is 1. The van der Waals surface area contributed by atoms with E-state index in [1.165, 1.54) is 0 Å². The fourth-order valence-electron chi connectivity index (χ4n) is 2.62. The van der Waals surface area contributed by atoms with Gasteiger partial charge in [-0.3, -0.25) is 4.90 Å². The number of pyridine rings is 1. The van der Waals surface area contributed by atoms with E-state index in [1.807, 2.05) is 12.1 Å². The number of anilines is 1. The summed E-state index contributed by atoms with van der Waals surface area (Å²) in [6.07, 6.45) is 1.66. The van der Waals surface area contributed by atoms with E-state index < -0.39 is 0 Å². The monoisotopic (exact) mass is 270 g/mol. The van der Waals surface area contributed by atoms with E-state index in [2.05, 4.69) is 15.2 Å². The number of nitriles is 1. The molecule has 0 radical (unpaired) electrons. The Morgan fingerprint density at radius 2 is 2.20 bits per heavy atom. The summed E-state index contributed by atoms with van der Waals surface area (Å²) in [5, 5.41) is 13.1. The molecule has 0 spiro atoms. The Kier molecular flexibility index (Phi) is 2.62. The Morgan fingerprint density at radius 3 is 2.90 bits per heavy atom. The second-order valence-corrected chi connectivity index (χ2v) is 5.32. The van der Waals surface area contributed by atoms with Gasteiger partial charge in [-0.25, -0.2) is 4.98 Å². The molecular formula is C14H14N4O2. The number of furan rings is 1. The van der Waals surface area contributed by atoms with Crippen LogP contribution in [-0.4, -0.2) is 48.3 Å². The topological polar surface area (TPSA) is 74.3 Å². The summed E-state index contributed by atoms with van der Waals surface area (Å²) in [6.45, 7) is 3.79. The van der Waals surface area contributed by atoms with Gasteiger partial charge in [-0.15, -0.1) is 0 Å². The predicted octanol–water partition coefficient (Wildman–Crippen LogP) is 1.19. The summed E-state index contributed by atoms with van der Waals surface area (Å²) >= 11 is 0. The molecular weight excluding hydrogens is 256 g/mol. The van der Waals surface area contributed by atoms with Crippen LogP contribution in [0.25, 0.3) is 11.0 Å². The number of nitrogens with zero attached hydrogens (tertiary/aromatic N) is 3. The number of hydrogen-bond acceptors (Lipinski definition) is 6. The van der Waals surface area contributed by atoms with Crippen molar-refractivity contribution < 1.29 is 9.15 Å². The smallest absolute Gasteiger partial charge is 0.204 e. The van der Waals surface area contributed by atoms with Crippen molar-refractivity contribution in [2.24, 2.45) is 0 Å². The molecule has 20 heavy (non-hydrogen) atoms. The number of likely N-dealkylation sites (tertiary alicyclic amines) is 1. The minimum Gasteiger partial charge on any atom is -0.444 e. The molecule has 0 bridgehead atoms.